The maximum absolute atomic E-state index is 12.0. The maximum Gasteiger partial charge on any atom is 0.248 e. The van der Waals surface area contributed by atoms with Crippen molar-refractivity contribution in [2.75, 3.05) is 10.6 Å². The summed E-state index contributed by atoms with van der Waals surface area (Å²) in [5.74, 6) is 0.00387. The minimum Gasteiger partial charge on any atom is -0.326 e. The number of hydrogen-bond acceptors (Lipinski definition) is 2. The van der Waals surface area contributed by atoms with Gasteiger partial charge in [0.15, 0.2) is 0 Å². The van der Waals surface area contributed by atoms with Crippen molar-refractivity contribution in [3.05, 3.63) is 65.7 Å². The third kappa shape index (κ3) is 4.32. The monoisotopic (exact) mass is 320 g/mol. The van der Waals surface area contributed by atoms with Crippen LogP contribution in [-0.4, -0.2) is 11.8 Å². The predicted octanol–water partition coefficient (Wildman–Crippen LogP) is 4.00. The second-order valence-electron chi connectivity index (χ2n) is 6.03. The van der Waals surface area contributed by atoms with Crippen molar-refractivity contribution in [1.82, 2.24) is 0 Å². The van der Waals surface area contributed by atoms with Gasteiger partial charge in [0.1, 0.15) is 0 Å². The van der Waals surface area contributed by atoms with Crippen LogP contribution in [0.5, 0.6) is 0 Å². The van der Waals surface area contributed by atoms with Crippen LogP contribution < -0.4 is 10.6 Å². The molecule has 0 aliphatic heterocycles. The van der Waals surface area contributed by atoms with Crippen molar-refractivity contribution in [3.63, 3.8) is 0 Å². The van der Waals surface area contributed by atoms with E-state index in [1.165, 1.54) is 6.08 Å². The van der Waals surface area contributed by atoms with E-state index in [9.17, 15) is 9.59 Å². The first-order valence-electron chi connectivity index (χ1n) is 8.07. The van der Waals surface area contributed by atoms with Gasteiger partial charge in [0, 0.05) is 23.4 Å². The van der Waals surface area contributed by atoms with E-state index in [0.717, 1.165) is 29.7 Å². The molecule has 0 radical (unpaired) electrons. The molecule has 4 nitrogen and oxygen atoms in total. The predicted molar refractivity (Wildman–Crippen MR) is 96.6 cm³/mol. The molecule has 122 valence electrons. The van der Waals surface area contributed by atoms with Crippen LogP contribution in [0.25, 0.3) is 6.08 Å². The fourth-order valence-corrected chi connectivity index (χ4v) is 2.33. The average Bonchev–Trinajstić information content (AvgIpc) is 3.42. The second-order valence-corrected chi connectivity index (χ2v) is 6.03. The summed E-state index contributed by atoms with van der Waals surface area (Å²) in [7, 11) is 0. The van der Waals surface area contributed by atoms with Crippen LogP contribution in [-0.2, 0) is 9.59 Å². The topological polar surface area (TPSA) is 58.2 Å². The lowest BCUT2D eigenvalue weighted by atomic mass is 10.1. The van der Waals surface area contributed by atoms with Gasteiger partial charge in [-0.15, -0.1) is 0 Å². The summed E-state index contributed by atoms with van der Waals surface area (Å²) in [6.45, 7) is 1.93. The maximum atomic E-state index is 12.0. The second kappa shape index (κ2) is 7.13. The van der Waals surface area contributed by atoms with Crippen molar-refractivity contribution in [3.8, 4) is 0 Å². The highest BCUT2D eigenvalue weighted by molar-refractivity contribution is 6.02. The molecule has 0 heterocycles. The van der Waals surface area contributed by atoms with E-state index >= 15 is 0 Å². The minimum atomic E-state index is -0.206. The van der Waals surface area contributed by atoms with E-state index in [0.29, 0.717) is 5.69 Å². The van der Waals surface area contributed by atoms with Crippen molar-refractivity contribution in [2.45, 2.75) is 19.8 Å². The number of hydrogen-bond donors (Lipinski definition) is 2. The molecule has 24 heavy (non-hydrogen) atoms. The van der Waals surface area contributed by atoms with Crippen LogP contribution in [0, 0.1) is 12.8 Å². The Balaban J connectivity index is 1.65. The molecule has 0 bridgehead atoms. The van der Waals surface area contributed by atoms with E-state index in [4.69, 9.17) is 0 Å². The molecule has 0 atom stereocenters. The molecular weight excluding hydrogens is 300 g/mol. The molecule has 4 heteroatoms. The number of rotatable bonds is 5. The van der Waals surface area contributed by atoms with Gasteiger partial charge in [-0.25, -0.2) is 0 Å². The summed E-state index contributed by atoms with van der Waals surface area (Å²) < 4.78 is 0. The smallest absolute Gasteiger partial charge is 0.248 e. The standard InChI is InChI=1S/C20H20N2O2/c1-14-7-11-17(13-18(14)22-20(24)16-9-10-16)21-19(23)12-8-15-5-3-2-4-6-15/h2-8,11-13,16H,9-10H2,1H3,(H,21,23)(H,22,24)/b12-8+. The molecule has 2 N–H and O–H groups in total. The van der Waals surface area contributed by atoms with Gasteiger partial charge in [-0.2, -0.15) is 0 Å². The van der Waals surface area contributed by atoms with Crippen LogP contribution in [0.1, 0.15) is 24.0 Å². The van der Waals surface area contributed by atoms with Crippen molar-refractivity contribution in [1.29, 1.82) is 0 Å². The molecular formula is C20H20N2O2. The zero-order valence-corrected chi connectivity index (χ0v) is 13.6. The molecule has 1 fully saturated rings. The van der Waals surface area contributed by atoms with Gasteiger partial charge in [0.05, 0.1) is 0 Å². The molecule has 1 saturated carbocycles. The normalized spacial score (nSPS) is 13.7. The molecule has 0 spiro atoms. The molecule has 2 amide bonds. The largest absolute Gasteiger partial charge is 0.326 e. The Hall–Kier alpha value is -2.88. The van der Waals surface area contributed by atoms with Crippen molar-refractivity contribution in [2.24, 2.45) is 5.92 Å². The number of anilines is 2. The zero-order valence-electron chi connectivity index (χ0n) is 13.6. The molecule has 0 saturated heterocycles. The number of amides is 2. The lowest BCUT2D eigenvalue weighted by Crippen LogP contribution is -2.15. The van der Waals surface area contributed by atoms with E-state index in [1.54, 1.807) is 12.1 Å². The van der Waals surface area contributed by atoms with E-state index in [-0.39, 0.29) is 17.7 Å². The summed E-state index contributed by atoms with van der Waals surface area (Å²) in [5, 5.41) is 5.76. The Morgan fingerprint density at radius 1 is 1.04 bits per heavy atom. The van der Waals surface area contributed by atoms with Gasteiger partial charge in [0.2, 0.25) is 11.8 Å². The summed E-state index contributed by atoms with van der Waals surface area (Å²) >= 11 is 0. The lowest BCUT2D eigenvalue weighted by molar-refractivity contribution is -0.117. The Kier molecular flexibility index (Phi) is 4.75. The van der Waals surface area contributed by atoms with Gasteiger partial charge in [0.25, 0.3) is 0 Å². The minimum absolute atomic E-state index is 0.0607. The number of carbonyl (C=O) groups excluding carboxylic acids is 2. The third-order valence-corrected chi connectivity index (χ3v) is 3.94. The Bertz CT molecular complexity index is 777. The fourth-order valence-electron chi connectivity index (χ4n) is 2.33. The first-order valence-corrected chi connectivity index (χ1v) is 8.07. The molecule has 1 aliphatic carbocycles. The Morgan fingerprint density at radius 3 is 2.50 bits per heavy atom. The van der Waals surface area contributed by atoms with Crippen LogP contribution in [0.3, 0.4) is 0 Å². The fraction of sp³-hybridized carbons (Fsp3) is 0.200. The quantitative estimate of drug-likeness (QED) is 0.818. The molecule has 0 aromatic heterocycles. The van der Waals surface area contributed by atoms with Crippen LogP contribution >= 0.6 is 0 Å². The van der Waals surface area contributed by atoms with Gasteiger partial charge in [-0.3, -0.25) is 9.59 Å². The molecule has 1 aliphatic rings. The summed E-state index contributed by atoms with van der Waals surface area (Å²) in [6.07, 6.45) is 5.19. The number of carbonyl (C=O) groups is 2. The van der Waals surface area contributed by atoms with E-state index < -0.39 is 0 Å². The zero-order chi connectivity index (χ0) is 16.9. The van der Waals surface area contributed by atoms with E-state index in [2.05, 4.69) is 10.6 Å². The van der Waals surface area contributed by atoms with Gasteiger partial charge in [-0.1, -0.05) is 36.4 Å². The first kappa shape index (κ1) is 16.0. The average molecular weight is 320 g/mol. The highest BCUT2D eigenvalue weighted by atomic mass is 16.2. The van der Waals surface area contributed by atoms with Crippen LogP contribution in [0.15, 0.2) is 54.6 Å². The first-order chi connectivity index (χ1) is 11.6. The molecule has 0 unspecified atom stereocenters. The summed E-state index contributed by atoms with van der Waals surface area (Å²) in [6, 6.07) is 15.2. The van der Waals surface area contributed by atoms with Crippen molar-refractivity contribution >= 4 is 29.3 Å². The highest BCUT2D eigenvalue weighted by Crippen LogP contribution is 2.31. The third-order valence-electron chi connectivity index (χ3n) is 3.94. The molecule has 3 rings (SSSR count). The Morgan fingerprint density at radius 2 is 1.79 bits per heavy atom. The SMILES string of the molecule is Cc1ccc(NC(=O)/C=C/c2ccccc2)cc1NC(=O)C1CC1. The number of benzene rings is 2. The van der Waals surface area contributed by atoms with Gasteiger partial charge in [-0.05, 0) is 49.1 Å². The lowest BCUT2D eigenvalue weighted by Gasteiger charge is -2.10. The van der Waals surface area contributed by atoms with Gasteiger partial charge >= 0.3 is 0 Å². The number of aryl methyl sites for hydroxylation is 1. The van der Waals surface area contributed by atoms with E-state index in [1.807, 2.05) is 49.4 Å². The van der Waals surface area contributed by atoms with Crippen molar-refractivity contribution < 1.29 is 9.59 Å². The highest BCUT2D eigenvalue weighted by Gasteiger charge is 2.29. The van der Waals surface area contributed by atoms with Gasteiger partial charge < -0.3 is 10.6 Å². The molecule has 2 aromatic rings. The number of nitrogens with one attached hydrogen (secondary N) is 2. The molecule has 2 aromatic carbocycles. The summed E-state index contributed by atoms with van der Waals surface area (Å²) in [5.41, 5.74) is 3.35. The van der Waals surface area contributed by atoms with Crippen LogP contribution in [0.4, 0.5) is 11.4 Å². The Labute approximate surface area is 141 Å². The van der Waals surface area contributed by atoms with Crippen LogP contribution in [0.2, 0.25) is 0 Å². The summed E-state index contributed by atoms with van der Waals surface area (Å²) in [4.78, 5) is 23.9.